The second-order valence-electron chi connectivity index (χ2n) is 7.38. The molecule has 170 valence electrons. The number of carbonyl (C=O) groups excluding carboxylic acids is 2. The number of furan rings is 1. The molecule has 8 heteroatoms. The number of ketones is 1. The van der Waals surface area contributed by atoms with Gasteiger partial charge in [0.1, 0.15) is 40.6 Å². The highest BCUT2D eigenvalue weighted by atomic mass is 16.5. The van der Waals surface area contributed by atoms with E-state index in [1.807, 2.05) is 0 Å². The molecule has 0 aliphatic carbocycles. The zero-order valence-corrected chi connectivity index (χ0v) is 18.6. The molecule has 0 radical (unpaired) electrons. The van der Waals surface area contributed by atoms with Gasteiger partial charge in [0.25, 0.3) is 11.7 Å². The summed E-state index contributed by atoms with van der Waals surface area (Å²) in [6.45, 7) is 1.76. The van der Waals surface area contributed by atoms with Crippen molar-refractivity contribution in [3.05, 3.63) is 77.3 Å². The molecule has 1 unspecified atom stereocenters. The van der Waals surface area contributed by atoms with E-state index in [2.05, 4.69) is 0 Å². The van der Waals surface area contributed by atoms with Gasteiger partial charge >= 0.3 is 0 Å². The van der Waals surface area contributed by atoms with Crippen molar-refractivity contribution in [2.75, 3.05) is 26.2 Å². The fraction of sp³-hybridized carbons (Fsp3) is 0.200. The molecule has 1 aliphatic heterocycles. The van der Waals surface area contributed by atoms with E-state index in [4.69, 9.17) is 18.6 Å². The summed E-state index contributed by atoms with van der Waals surface area (Å²) in [6, 6.07) is 13.9. The van der Waals surface area contributed by atoms with Crippen molar-refractivity contribution >= 4 is 23.1 Å². The number of aliphatic hydroxyl groups excluding tert-OH is 1. The van der Waals surface area contributed by atoms with E-state index in [0.717, 1.165) is 0 Å². The Balaban J connectivity index is 1.95. The van der Waals surface area contributed by atoms with E-state index in [0.29, 0.717) is 34.5 Å². The Morgan fingerprint density at radius 1 is 0.909 bits per heavy atom. The van der Waals surface area contributed by atoms with Crippen LogP contribution in [0, 0.1) is 6.92 Å². The van der Waals surface area contributed by atoms with Gasteiger partial charge in [0.15, 0.2) is 0 Å². The number of anilines is 1. The minimum Gasteiger partial charge on any atom is -0.507 e. The molecule has 1 aliphatic rings. The van der Waals surface area contributed by atoms with Gasteiger partial charge < -0.3 is 23.7 Å². The van der Waals surface area contributed by atoms with E-state index < -0.39 is 17.7 Å². The highest BCUT2D eigenvalue weighted by Crippen LogP contribution is 2.44. The molecule has 1 N–H and O–H groups in total. The number of methoxy groups -OCH3 is 3. The van der Waals surface area contributed by atoms with Gasteiger partial charge in [-0.15, -0.1) is 0 Å². The Morgan fingerprint density at radius 2 is 1.58 bits per heavy atom. The number of aliphatic hydroxyl groups is 1. The average molecular weight is 449 g/mol. The summed E-state index contributed by atoms with van der Waals surface area (Å²) in [5, 5.41) is 11.3. The summed E-state index contributed by atoms with van der Waals surface area (Å²) >= 11 is 0. The summed E-state index contributed by atoms with van der Waals surface area (Å²) in [6.07, 6.45) is 0. The molecular weight excluding hydrogens is 426 g/mol. The van der Waals surface area contributed by atoms with Gasteiger partial charge in [0.2, 0.25) is 0 Å². The van der Waals surface area contributed by atoms with Gasteiger partial charge in [-0.25, -0.2) is 0 Å². The highest BCUT2D eigenvalue weighted by Gasteiger charge is 2.48. The summed E-state index contributed by atoms with van der Waals surface area (Å²) in [4.78, 5) is 27.7. The second-order valence-corrected chi connectivity index (χ2v) is 7.38. The van der Waals surface area contributed by atoms with Crippen LogP contribution in [0.1, 0.15) is 23.1 Å². The number of hydrogen-bond donors (Lipinski definition) is 1. The summed E-state index contributed by atoms with van der Waals surface area (Å²) < 4.78 is 21.6. The van der Waals surface area contributed by atoms with Crippen LogP contribution in [0.4, 0.5) is 5.69 Å². The molecule has 1 amide bonds. The Labute approximate surface area is 190 Å². The first-order chi connectivity index (χ1) is 15.9. The summed E-state index contributed by atoms with van der Waals surface area (Å²) in [5.41, 5.74) is 0.559. The van der Waals surface area contributed by atoms with Gasteiger partial charge in [-0.3, -0.25) is 14.5 Å². The largest absolute Gasteiger partial charge is 0.507 e. The number of Topliss-reactive ketones (excluding diaryl/α,β-unsaturated/α-hetero) is 1. The third-order valence-corrected chi connectivity index (χ3v) is 5.49. The smallest absolute Gasteiger partial charge is 0.300 e. The van der Waals surface area contributed by atoms with Crippen LogP contribution in [-0.4, -0.2) is 38.1 Å². The van der Waals surface area contributed by atoms with Crippen molar-refractivity contribution < 1.29 is 33.3 Å². The molecular formula is C25H23NO7. The van der Waals surface area contributed by atoms with Crippen LogP contribution in [0.2, 0.25) is 0 Å². The molecule has 3 aromatic rings. The maximum Gasteiger partial charge on any atom is 0.300 e. The molecule has 0 spiro atoms. The second kappa shape index (κ2) is 8.74. The molecule has 1 atom stereocenters. The van der Waals surface area contributed by atoms with Crippen LogP contribution in [0.3, 0.4) is 0 Å². The molecule has 1 fully saturated rings. The molecule has 1 saturated heterocycles. The van der Waals surface area contributed by atoms with Gasteiger partial charge in [-0.1, -0.05) is 0 Å². The number of rotatable bonds is 6. The van der Waals surface area contributed by atoms with E-state index in [1.54, 1.807) is 61.5 Å². The lowest BCUT2D eigenvalue weighted by Gasteiger charge is -2.23. The summed E-state index contributed by atoms with van der Waals surface area (Å²) in [5.74, 6) is 0.288. The molecule has 2 heterocycles. The van der Waals surface area contributed by atoms with E-state index in [1.165, 1.54) is 26.2 Å². The molecule has 2 aromatic carbocycles. The molecule has 4 rings (SSSR count). The average Bonchev–Trinajstić information content (AvgIpc) is 3.38. The normalized spacial score (nSPS) is 17.3. The Bertz CT molecular complexity index is 1240. The van der Waals surface area contributed by atoms with Crippen molar-refractivity contribution in [1.82, 2.24) is 0 Å². The standard InChI is InChI=1S/C25H23NO7/c1-14-5-11-20(33-14)22-21(23(27)18-13-17(31-3)10-12-19(18)32-4)24(28)25(29)26(22)15-6-8-16(30-2)9-7-15/h5-13,22,27H,1-4H3/b23-21+. The quantitative estimate of drug-likeness (QED) is 0.341. The predicted octanol–water partition coefficient (Wildman–Crippen LogP) is 4.24. The first-order valence-electron chi connectivity index (χ1n) is 10.1. The van der Waals surface area contributed by atoms with Crippen molar-refractivity contribution in [2.45, 2.75) is 13.0 Å². The molecule has 8 nitrogen and oxygen atoms in total. The van der Waals surface area contributed by atoms with Crippen LogP contribution >= 0.6 is 0 Å². The number of amides is 1. The molecule has 0 saturated carbocycles. The van der Waals surface area contributed by atoms with Crippen molar-refractivity contribution in [3.8, 4) is 17.2 Å². The van der Waals surface area contributed by atoms with Crippen molar-refractivity contribution in [1.29, 1.82) is 0 Å². The van der Waals surface area contributed by atoms with E-state index in [9.17, 15) is 14.7 Å². The molecule has 1 aromatic heterocycles. The first-order valence-corrected chi connectivity index (χ1v) is 10.1. The molecule has 33 heavy (non-hydrogen) atoms. The number of carbonyl (C=O) groups is 2. The third-order valence-electron chi connectivity index (χ3n) is 5.49. The fourth-order valence-corrected chi connectivity index (χ4v) is 3.86. The van der Waals surface area contributed by atoms with Crippen molar-refractivity contribution in [2.24, 2.45) is 0 Å². The topological polar surface area (TPSA) is 98.4 Å². The van der Waals surface area contributed by atoms with Crippen LogP contribution in [-0.2, 0) is 9.59 Å². The highest BCUT2D eigenvalue weighted by molar-refractivity contribution is 6.51. The van der Waals surface area contributed by atoms with Gasteiger partial charge in [0.05, 0.1) is 32.5 Å². The number of ether oxygens (including phenoxy) is 3. The van der Waals surface area contributed by atoms with E-state index in [-0.39, 0.29) is 16.9 Å². The van der Waals surface area contributed by atoms with E-state index >= 15 is 0 Å². The zero-order valence-electron chi connectivity index (χ0n) is 18.6. The lowest BCUT2D eigenvalue weighted by molar-refractivity contribution is -0.132. The van der Waals surface area contributed by atoms with Gasteiger partial charge in [0, 0.05) is 5.69 Å². The minimum absolute atomic E-state index is 0.114. The number of hydrogen-bond acceptors (Lipinski definition) is 7. The van der Waals surface area contributed by atoms with Crippen LogP contribution < -0.4 is 19.1 Å². The fourth-order valence-electron chi connectivity index (χ4n) is 3.86. The minimum atomic E-state index is -0.983. The number of nitrogens with zero attached hydrogens (tertiary/aromatic N) is 1. The Hall–Kier alpha value is -4.20. The lowest BCUT2D eigenvalue weighted by atomic mass is 9.98. The predicted molar refractivity (Wildman–Crippen MR) is 121 cm³/mol. The maximum absolute atomic E-state index is 13.2. The van der Waals surface area contributed by atoms with Crippen molar-refractivity contribution in [3.63, 3.8) is 0 Å². The Morgan fingerprint density at radius 3 is 2.15 bits per heavy atom. The van der Waals surface area contributed by atoms with Crippen LogP contribution in [0.25, 0.3) is 5.76 Å². The first kappa shape index (κ1) is 22.0. The Kier molecular flexibility index (Phi) is 5.83. The SMILES string of the molecule is COc1ccc(N2C(=O)C(=O)/C(=C(/O)c3cc(OC)ccc3OC)C2c2ccc(C)o2)cc1. The zero-order chi connectivity index (χ0) is 23.7. The van der Waals surface area contributed by atoms with Gasteiger partial charge in [-0.2, -0.15) is 0 Å². The van der Waals surface area contributed by atoms with Crippen LogP contribution in [0.5, 0.6) is 17.2 Å². The number of benzene rings is 2. The maximum atomic E-state index is 13.2. The van der Waals surface area contributed by atoms with Gasteiger partial charge in [-0.05, 0) is 61.5 Å². The summed E-state index contributed by atoms with van der Waals surface area (Å²) in [7, 11) is 4.47. The number of aryl methyl sites for hydroxylation is 1. The third kappa shape index (κ3) is 3.80. The van der Waals surface area contributed by atoms with Crippen LogP contribution in [0.15, 0.2) is 64.6 Å². The lowest BCUT2D eigenvalue weighted by Crippen LogP contribution is -2.29. The monoisotopic (exact) mass is 449 g/mol. The molecule has 0 bridgehead atoms.